The Morgan fingerprint density at radius 1 is 1.32 bits per heavy atom. The van der Waals surface area contributed by atoms with E-state index < -0.39 is 0 Å². The minimum atomic E-state index is 0.217. The van der Waals surface area contributed by atoms with E-state index in [9.17, 15) is 0 Å². The molecule has 0 aromatic carbocycles. The smallest absolute Gasteiger partial charge is 0.211 e. The van der Waals surface area contributed by atoms with Crippen molar-refractivity contribution < 1.29 is 4.42 Å². The maximum Gasteiger partial charge on any atom is 0.211 e. The van der Waals surface area contributed by atoms with E-state index in [0.29, 0.717) is 0 Å². The van der Waals surface area contributed by atoms with Crippen molar-refractivity contribution in [2.45, 2.75) is 39.7 Å². The van der Waals surface area contributed by atoms with Crippen LogP contribution in [-0.4, -0.2) is 45.4 Å². The van der Waals surface area contributed by atoms with Crippen molar-refractivity contribution in [3.8, 4) is 0 Å². The van der Waals surface area contributed by atoms with Crippen LogP contribution in [0.1, 0.15) is 43.8 Å². The maximum absolute atomic E-state index is 5.68. The van der Waals surface area contributed by atoms with Gasteiger partial charge in [-0.05, 0) is 20.3 Å². The van der Waals surface area contributed by atoms with Crippen LogP contribution in [0.25, 0.3) is 0 Å². The monoisotopic (exact) mass is 321 g/mol. The van der Waals surface area contributed by atoms with Crippen LogP contribution in [0.4, 0.5) is 5.13 Å². The molecule has 0 bridgehead atoms. The van der Waals surface area contributed by atoms with Gasteiger partial charge in [-0.15, -0.1) is 0 Å². The molecular formula is C15H23N5OS. The Bertz CT molecular complexity index is 611. The molecule has 1 fully saturated rings. The molecule has 1 unspecified atom stereocenters. The first kappa shape index (κ1) is 15.4. The molecule has 0 saturated carbocycles. The number of nitrogens with zero attached hydrogens (tertiary/aromatic N) is 5. The van der Waals surface area contributed by atoms with Gasteiger partial charge in [0, 0.05) is 44.1 Å². The third kappa shape index (κ3) is 3.30. The molecule has 0 N–H and O–H groups in total. The highest BCUT2D eigenvalue weighted by molar-refractivity contribution is 7.09. The molecule has 7 heteroatoms. The molecule has 1 aliphatic heterocycles. The number of oxazole rings is 1. The summed E-state index contributed by atoms with van der Waals surface area (Å²) in [5.41, 5.74) is 0. The predicted octanol–water partition coefficient (Wildman–Crippen LogP) is 2.67. The molecule has 120 valence electrons. The SMILES string of the molecule is CCc1nsc(N2CCCN(C(C)c3ncc(C)o3)CC2)n1. The first-order valence-electron chi connectivity index (χ1n) is 7.91. The van der Waals surface area contributed by atoms with Crippen molar-refractivity contribution in [3.63, 3.8) is 0 Å². The molecule has 1 aliphatic rings. The Hall–Kier alpha value is -1.47. The van der Waals surface area contributed by atoms with Crippen LogP contribution < -0.4 is 4.90 Å². The van der Waals surface area contributed by atoms with Crippen LogP contribution in [0.5, 0.6) is 0 Å². The van der Waals surface area contributed by atoms with E-state index in [-0.39, 0.29) is 6.04 Å². The molecule has 0 amide bonds. The zero-order valence-corrected chi connectivity index (χ0v) is 14.3. The summed E-state index contributed by atoms with van der Waals surface area (Å²) in [7, 11) is 0. The zero-order valence-electron chi connectivity index (χ0n) is 13.4. The second-order valence-electron chi connectivity index (χ2n) is 5.71. The fraction of sp³-hybridized carbons (Fsp3) is 0.667. The van der Waals surface area contributed by atoms with Gasteiger partial charge in [0.15, 0.2) is 0 Å². The van der Waals surface area contributed by atoms with E-state index in [4.69, 9.17) is 4.42 Å². The number of aromatic nitrogens is 3. The standard InChI is InChI=1S/C15H23N5OS/c1-4-13-17-15(22-18-13)20-7-5-6-19(8-9-20)12(3)14-16-10-11(2)21-14/h10,12H,4-9H2,1-3H3. The first-order valence-corrected chi connectivity index (χ1v) is 8.68. The van der Waals surface area contributed by atoms with E-state index in [1.807, 2.05) is 6.92 Å². The van der Waals surface area contributed by atoms with Gasteiger partial charge in [0.25, 0.3) is 0 Å². The third-order valence-electron chi connectivity index (χ3n) is 4.12. The predicted molar refractivity (Wildman–Crippen MR) is 87.3 cm³/mol. The Morgan fingerprint density at radius 3 is 2.86 bits per heavy atom. The highest BCUT2D eigenvalue weighted by atomic mass is 32.1. The Balaban J connectivity index is 1.64. The van der Waals surface area contributed by atoms with Crippen LogP contribution in [0.3, 0.4) is 0 Å². The van der Waals surface area contributed by atoms with Gasteiger partial charge in [0.05, 0.1) is 12.2 Å². The molecule has 6 nitrogen and oxygen atoms in total. The summed E-state index contributed by atoms with van der Waals surface area (Å²) in [6.07, 6.45) is 3.81. The van der Waals surface area contributed by atoms with Crippen molar-refractivity contribution in [2.75, 3.05) is 31.1 Å². The number of rotatable bonds is 4. The Labute approximate surface area is 135 Å². The lowest BCUT2D eigenvalue weighted by Crippen LogP contribution is -2.32. The minimum absolute atomic E-state index is 0.217. The Kier molecular flexibility index (Phi) is 4.73. The summed E-state index contributed by atoms with van der Waals surface area (Å²) in [4.78, 5) is 13.8. The lowest BCUT2D eigenvalue weighted by Gasteiger charge is -2.25. The molecule has 1 atom stereocenters. The molecule has 0 spiro atoms. The largest absolute Gasteiger partial charge is 0.444 e. The second-order valence-corrected chi connectivity index (χ2v) is 6.44. The van der Waals surface area contributed by atoms with Crippen molar-refractivity contribution >= 4 is 16.7 Å². The number of hydrogen-bond acceptors (Lipinski definition) is 7. The van der Waals surface area contributed by atoms with Crippen LogP contribution in [-0.2, 0) is 6.42 Å². The molecule has 0 aliphatic carbocycles. The van der Waals surface area contributed by atoms with Gasteiger partial charge in [-0.25, -0.2) is 9.97 Å². The van der Waals surface area contributed by atoms with E-state index >= 15 is 0 Å². The number of aryl methyl sites for hydroxylation is 2. The molecule has 2 aromatic rings. The third-order valence-corrected chi connectivity index (χ3v) is 4.93. The molecule has 3 rings (SSSR count). The highest BCUT2D eigenvalue weighted by Crippen LogP contribution is 2.24. The van der Waals surface area contributed by atoms with Crippen LogP contribution >= 0.6 is 11.5 Å². The molecule has 0 radical (unpaired) electrons. The molecular weight excluding hydrogens is 298 g/mol. The molecule has 3 heterocycles. The van der Waals surface area contributed by atoms with Gasteiger partial charge in [-0.3, -0.25) is 4.90 Å². The highest BCUT2D eigenvalue weighted by Gasteiger charge is 2.24. The fourth-order valence-electron chi connectivity index (χ4n) is 2.75. The van der Waals surface area contributed by atoms with Crippen molar-refractivity contribution in [3.05, 3.63) is 23.7 Å². The van der Waals surface area contributed by atoms with Crippen LogP contribution in [0, 0.1) is 6.92 Å². The number of anilines is 1. The quantitative estimate of drug-likeness (QED) is 0.863. The van der Waals surface area contributed by atoms with Crippen LogP contribution in [0.2, 0.25) is 0 Å². The van der Waals surface area contributed by atoms with Gasteiger partial charge in [-0.1, -0.05) is 6.92 Å². The first-order chi connectivity index (χ1) is 10.7. The van der Waals surface area contributed by atoms with E-state index in [0.717, 1.165) is 61.6 Å². The van der Waals surface area contributed by atoms with E-state index in [1.54, 1.807) is 6.20 Å². The molecule has 22 heavy (non-hydrogen) atoms. The molecule has 1 saturated heterocycles. The normalized spacial score (nSPS) is 18.4. The topological polar surface area (TPSA) is 58.3 Å². The number of hydrogen-bond donors (Lipinski definition) is 0. The van der Waals surface area contributed by atoms with Crippen LogP contribution in [0.15, 0.2) is 10.6 Å². The fourth-order valence-corrected chi connectivity index (χ4v) is 3.56. The molecule has 2 aromatic heterocycles. The van der Waals surface area contributed by atoms with Crippen molar-refractivity contribution in [1.82, 2.24) is 19.2 Å². The average Bonchev–Trinajstić information content (AvgIpc) is 3.10. The van der Waals surface area contributed by atoms with E-state index in [1.165, 1.54) is 11.5 Å². The summed E-state index contributed by atoms with van der Waals surface area (Å²) in [6, 6.07) is 0.217. The second kappa shape index (κ2) is 6.75. The van der Waals surface area contributed by atoms with Gasteiger partial charge in [0.1, 0.15) is 11.6 Å². The minimum Gasteiger partial charge on any atom is -0.444 e. The van der Waals surface area contributed by atoms with Crippen molar-refractivity contribution in [2.24, 2.45) is 0 Å². The lowest BCUT2D eigenvalue weighted by molar-refractivity contribution is 0.194. The Morgan fingerprint density at radius 2 is 2.18 bits per heavy atom. The van der Waals surface area contributed by atoms with E-state index in [2.05, 4.69) is 38.0 Å². The van der Waals surface area contributed by atoms with Gasteiger partial charge < -0.3 is 9.32 Å². The summed E-state index contributed by atoms with van der Waals surface area (Å²) in [6.45, 7) is 10.3. The zero-order chi connectivity index (χ0) is 15.5. The summed E-state index contributed by atoms with van der Waals surface area (Å²) >= 11 is 1.51. The average molecular weight is 321 g/mol. The van der Waals surface area contributed by atoms with Gasteiger partial charge >= 0.3 is 0 Å². The maximum atomic E-state index is 5.68. The van der Waals surface area contributed by atoms with Gasteiger partial charge in [0.2, 0.25) is 11.0 Å². The van der Waals surface area contributed by atoms with Crippen molar-refractivity contribution in [1.29, 1.82) is 0 Å². The summed E-state index contributed by atoms with van der Waals surface area (Å²) in [5, 5.41) is 1.05. The summed E-state index contributed by atoms with van der Waals surface area (Å²) < 4.78 is 10.1. The van der Waals surface area contributed by atoms with Gasteiger partial charge in [-0.2, -0.15) is 4.37 Å². The summed E-state index contributed by atoms with van der Waals surface area (Å²) in [5.74, 6) is 2.64. The lowest BCUT2D eigenvalue weighted by atomic mass is 10.2.